The van der Waals surface area contributed by atoms with Gasteiger partial charge in [0.1, 0.15) is 0 Å². The summed E-state index contributed by atoms with van der Waals surface area (Å²) in [6, 6.07) is 8.59. The zero-order valence-corrected chi connectivity index (χ0v) is 14.7. The van der Waals surface area contributed by atoms with Crippen molar-refractivity contribution in [1.82, 2.24) is 4.57 Å². The molecule has 1 aromatic heterocycles. The van der Waals surface area contributed by atoms with E-state index in [0.29, 0.717) is 0 Å². The Morgan fingerprint density at radius 3 is 2.62 bits per heavy atom. The Labute approximate surface area is 134 Å². The van der Waals surface area contributed by atoms with Crippen LogP contribution in [0.4, 0.5) is 0 Å². The second kappa shape index (κ2) is 4.99. The third-order valence-electron chi connectivity index (χ3n) is 4.48. The van der Waals surface area contributed by atoms with Crippen LogP contribution in [0.2, 0.25) is 0 Å². The van der Waals surface area contributed by atoms with Crippen LogP contribution in [0.15, 0.2) is 28.7 Å². The van der Waals surface area contributed by atoms with Crippen molar-refractivity contribution < 1.29 is 5.11 Å². The summed E-state index contributed by atoms with van der Waals surface area (Å²) >= 11 is 3.62. The van der Waals surface area contributed by atoms with Gasteiger partial charge in [-0.2, -0.15) is 0 Å². The van der Waals surface area contributed by atoms with Crippen molar-refractivity contribution in [2.24, 2.45) is 5.41 Å². The third-order valence-corrected chi connectivity index (χ3v) is 5.34. The highest BCUT2D eigenvalue weighted by Gasteiger charge is 2.34. The minimum Gasteiger partial charge on any atom is -0.388 e. The zero-order chi connectivity index (χ0) is 15.4. The van der Waals surface area contributed by atoms with Crippen LogP contribution in [-0.4, -0.2) is 9.67 Å². The first-order valence-corrected chi connectivity index (χ1v) is 8.23. The maximum absolute atomic E-state index is 10.5. The largest absolute Gasteiger partial charge is 0.388 e. The van der Waals surface area contributed by atoms with Crippen molar-refractivity contribution >= 4 is 15.9 Å². The van der Waals surface area contributed by atoms with Gasteiger partial charge in [0.2, 0.25) is 0 Å². The molecule has 3 rings (SSSR count). The van der Waals surface area contributed by atoms with Gasteiger partial charge in [-0.1, -0.05) is 35.8 Å². The SMILES string of the molecule is Cc1ccc(-n2c(C)cc3c2CC(C)(C)CC3O)cc1Br. The van der Waals surface area contributed by atoms with Crippen molar-refractivity contribution in [1.29, 1.82) is 0 Å². The van der Waals surface area contributed by atoms with Gasteiger partial charge >= 0.3 is 0 Å². The summed E-state index contributed by atoms with van der Waals surface area (Å²) in [6.07, 6.45) is 1.48. The Balaban J connectivity index is 2.18. The molecule has 0 saturated carbocycles. The highest BCUT2D eigenvalue weighted by atomic mass is 79.9. The molecule has 0 radical (unpaired) electrons. The number of aromatic nitrogens is 1. The average molecular weight is 348 g/mol. The highest BCUT2D eigenvalue weighted by molar-refractivity contribution is 9.10. The lowest BCUT2D eigenvalue weighted by Gasteiger charge is -2.34. The smallest absolute Gasteiger partial charge is 0.0812 e. The molecule has 112 valence electrons. The van der Waals surface area contributed by atoms with Crippen LogP contribution >= 0.6 is 15.9 Å². The lowest BCUT2D eigenvalue weighted by atomic mass is 9.75. The van der Waals surface area contributed by atoms with E-state index in [1.165, 1.54) is 17.0 Å². The van der Waals surface area contributed by atoms with Gasteiger partial charge in [-0.25, -0.2) is 0 Å². The van der Waals surface area contributed by atoms with Crippen molar-refractivity contribution in [2.75, 3.05) is 0 Å². The molecule has 1 aliphatic rings. The first-order chi connectivity index (χ1) is 9.78. The third kappa shape index (κ3) is 2.58. The van der Waals surface area contributed by atoms with Gasteiger partial charge in [0.05, 0.1) is 6.10 Å². The van der Waals surface area contributed by atoms with Crippen molar-refractivity contribution in [3.8, 4) is 5.69 Å². The molecule has 1 aromatic carbocycles. The fraction of sp³-hybridized carbons (Fsp3) is 0.444. The zero-order valence-electron chi connectivity index (χ0n) is 13.1. The molecule has 2 nitrogen and oxygen atoms in total. The monoisotopic (exact) mass is 347 g/mol. The van der Waals surface area contributed by atoms with E-state index in [1.54, 1.807) is 0 Å². The summed E-state index contributed by atoms with van der Waals surface area (Å²) in [5.41, 5.74) is 6.08. The topological polar surface area (TPSA) is 25.2 Å². The first-order valence-electron chi connectivity index (χ1n) is 7.44. The number of halogens is 1. The van der Waals surface area contributed by atoms with Crippen molar-refractivity contribution in [3.63, 3.8) is 0 Å². The molecule has 2 aromatic rings. The van der Waals surface area contributed by atoms with Crippen LogP contribution in [0.1, 0.15) is 48.9 Å². The van der Waals surface area contributed by atoms with Crippen LogP contribution < -0.4 is 0 Å². The Morgan fingerprint density at radius 1 is 1.24 bits per heavy atom. The van der Waals surface area contributed by atoms with E-state index in [9.17, 15) is 5.11 Å². The lowest BCUT2D eigenvalue weighted by molar-refractivity contribution is 0.0987. The van der Waals surface area contributed by atoms with Gasteiger partial charge in [-0.05, 0) is 55.9 Å². The standard InChI is InChI=1S/C18H22BrNO/c1-11-5-6-13(8-15(11)19)20-12(2)7-14-16(20)9-18(3,4)10-17(14)21/h5-8,17,21H,9-10H2,1-4H3. The van der Waals surface area contributed by atoms with E-state index in [0.717, 1.165) is 28.6 Å². The Kier molecular flexibility index (Phi) is 3.53. The number of rotatable bonds is 1. The predicted molar refractivity (Wildman–Crippen MR) is 90.0 cm³/mol. The van der Waals surface area contributed by atoms with Gasteiger partial charge in [0, 0.05) is 27.1 Å². The molecular weight excluding hydrogens is 326 g/mol. The molecule has 0 bridgehead atoms. The number of hydrogen-bond acceptors (Lipinski definition) is 1. The molecule has 1 heterocycles. The second-order valence-electron chi connectivity index (χ2n) is 7.02. The van der Waals surface area contributed by atoms with E-state index >= 15 is 0 Å². The predicted octanol–water partition coefficient (Wildman–Crippen LogP) is 4.86. The lowest BCUT2D eigenvalue weighted by Crippen LogP contribution is -2.26. The van der Waals surface area contributed by atoms with Gasteiger partial charge in [-0.3, -0.25) is 0 Å². The molecule has 0 fully saturated rings. The summed E-state index contributed by atoms with van der Waals surface area (Å²) in [5, 5.41) is 10.5. The Hall–Kier alpha value is -1.06. The van der Waals surface area contributed by atoms with E-state index < -0.39 is 0 Å². The second-order valence-corrected chi connectivity index (χ2v) is 7.87. The molecule has 1 N–H and O–H groups in total. The number of aliphatic hydroxyl groups is 1. The van der Waals surface area contributed by atoms with E-state index in [4.69, 9.17) is 0 Å². The average Bonchev–Trinajstić information content (AvgIpc) is 2.68. The van der Waals surface area contributed by atoms with E-state index in [1.807, 2.05) is 0 Å². The first kappa shape index (κ1) is 14.9. The van der Waals surface area contributed by atoms with E-state index in [-0.39, 0.29) is 11.5 Å². The van der Waals surface area contributed by atoms with Gasteiger partial charge < -0.3 is 9.67 Å². The van der Waals surface area contributed by atoms with Gasteiger partial charge in [-0.15, -0.1) is 0 Å². The number of fused-ring (bicyclic) bond motifs is 1. The molecular formula is C18H22BrNO. The van der Waals surface area contributed by atoms with Gasteiger partial charge in [0.25, 0.3) is 0 Å². The van der Waals surface area contributed by atoms with Crippen LogP contribution in [-0.2, 0) is 6.42 Å². The maximum atomic E-state index is 10.5. The normalized spacial score (nSPS) is 20.4. The summed E-state index contributed by atoms with van der Waals surface area (Å²) in [7, 11) is 0. The fourth-order valence-corrected chi connectivity index (χ4v) is 3.79. The number of aryl methyl sites for hydroxylation is 2. The molecule has 3 heteroatoms. The molecule has 21 heavy (non-hydrogen) atoms. The summed E-state index contributed by atoms with van der Waals surface area (Å²) in [5.74, 6) is 0. The number of nitrogens with zero attached hydrogens (tertiary/aromatic N) is 1. The quantitative estimate of drug-likeness (QED) is 0.782. The summed E-state index contributed by atoms with van der Waals surface area (Å²) < 4.78 is 3.42. The van der Waals surface area contributed by atoms with Gasteiger partial charge in [0.15, 0.2) is 0 Å². The number of hydrogen-bond donors (Lipinski definition) is 1. The minimum atomic E-state index is -0.349. The molecule has 1 aliphatic carbocycles. The molecule has 0 saturated heterocycles. The maximum Gasteiger partial charge on any atom is 0.0812 e. The van der Waals surface area contributed by atoms with E-state index in [2.05, 4.69) is 72.5 Å². The summed E-state index contributed by atoms with van der Waals surface area (Å²) in [6.45, 7) is 8.68. The van der Waals surface area contributed by atoms with Crippen molar-refractivity contribution in [2.45, 2.75) is 46.6 Å². The summed E-state index contributed by atoms with van der Waals surface area (Å²) in [4.78, 5) is 0. The molecule has 0 aliphatic heterocycles. The molecule has 0 spiro atoms. The molecule has 0 amide bonds. The number of aliphatic hydroxyl groups excluding tert-OH is 1. The highest BCUT2D eigenvalue weighted by Crippen LogP contribution is 2.43. The minimum absolute atomic E-state index is 0.136. The van der Waals surface area contributed by atoms with Crippen LogP contribution in [0.3, 0.4) is 0 Å². The fourth-order valence-electron chi connectivity index (χ4n) is 3.42. The van der Waals surface area contributed by atoms with Crippen LogP contribution in [0.25, 0.3) is 5.69 Å². The Morgan fingerprint density at radius 2 is 1.95 bits per heavy atom. The molecule has 1 unspecified atom stereocenters. The van der Waals surface area contributed by atoms with Crippen LogP contribution in [0, 0.1) is 19.3 Å². The Bertz CT molecular complexity index is 699. The number of benzene rings is 1. The van der Waals surface area contributed by atoms with Crippen molar-refractivity contribution in [3.05, 3.63) is 51.3 Å². The van der Waals surface area contributed by atoms with Crippen LogP contribution in [0.5, 0.6) is 0 Å². The molecule has 1 atom stereocenters.